The van der Waals surface area contributed by atoms with Gasteiger partial charge in [-0.2, -0.15) is 0 Å². The predicted octanol–water partition coefficient (Wildman–Crippen LogP) is 31.1. The Morgan fingerprint density at radius 1 is 0.267 bits per heavy atom. The molecule has 0 aromatic heterocycles. The lowest BCUT2D eigenvalue weighted by molar-refractivity contribution is 0.582. The third-order valence-electron chi connectivity index (χ3n) is 24.6. The van der Waals surface area contributed by atoms with Crippen molar-refractivity contribution in [2.45, 2.75) is 63.7 Å². The van der Waals surface area contributed by atoms with Crippen molar-refractivity contribution >= 4 is 117 Å². The van der Waals surface area contributed by atoms with Crippen LogP contribution in [0.25, 0.3) is 71.4 Å². The van der Waals surface area contributed by atoms with Crippen molar-refractivity contribution in [3.8, 4) is 22.3 Å². The summed E-state index contributed by atoms with van der Waals surface area (Å²) in [6.45, 7) is 13.5. The highest BCUT2D eigenvalue weighted by Gasteiger charge is 2.43. The summed E-state index contributed by atoms with van der Waals surface area (Å²) in [4.78, 5) is 9.73. The van der Waals surface area contributed by atoms with Crippen LogP contribution in [0.1, 0.15) is 84.5 Å². The molecular formula is C112H90N4. The van der Waals surface area contributed by atoms with E-state index in [-0.39, 0.29) is 10.8 Å². The maximum absolute atomic E-state index is 4.02. The molecule has 4 nitrogen and oxygen atoms in total. The Labute approximate surface area is 682 Å². The maximum atomic E-state index is 4.02. The van der Waals surface area contributed by atoms with Crippen molar-refractivity contribution in [2.75, 3.05) is 19.6 Å². The zero-order chi connectivity index (χ0) is 78.3. The van der Waals surface area contributed by atoms with E-state index in [9.17, 15) is 0 Å². The van der Waals surface area contributed by atoms with Gasteiger partial charge in [-0.15, -0.1) is 0 Å². The highest BCUT2D eigenvalue weighted by atomic mass is 15.2. The number of nitrogens with zero attached hydrogens (tertiary/aromatic N) is 4. The normalized spacial score (nSPS) is 12.9. The Balaban J connectivity index is 0.000000155. The predicted molar refractivity (Wildman–Crippen MR) is 495 cm³/mol. The van der Waals surface area contributed by atoms with E-state index in [1.54, 1.807) is 0 Å². The van der Waals surface area contributed by atoms with E-state index in [2.05, 4.69) is 466 Å². The molecule has 0 bridgehead atoms. The van der Waals surface area contributed by atoms with Gasteiger partial charge >= 0.3 is 0 Å². The molecule has 0 spiro atoms. The second-order valence-corrected chi connectivity index (χ2v) is 31.6. The standard InChI is InChI=1S/C57H48N2.C55H42N2/c1-4-40(2)42-31-29-41(30-32-42)39-57(3)53-37-47(58(45-21-7-5-8-22-45)55-27-15-19-43-17-11-13-25-49(43)55)33-35-51(53)52-36-34-48(38-54(52)57)59(46-23-9-6-10-24-46)56-28-16-20-44-18-12-14-26-50(44)56;1-3-39-28-30-40(31-29-39)38-55(2)51-36-45(56(43-20-6-4-7-21-43)53-26-14-18-41-16-10-12-24-47(41)53)32-34-49(51)50-35-33-46(37-52(50)55)57(44-22-8-5-9-23-44)54-27-15-19-42-17-11-13-25-48(42)54/h5-38,40H,4,39H2,1-3H3;3-37H,1,38H2,2H3. The average molecular weight is 1490 g/mol. The van der Waals surface area contributed by atoms with E-state index >= 15 is 0 Å². The van der Waals surface area contributed by atoms with Crippen LogP contribution in [0.15, 0.2) is 419 Å². The number of para-hydroxylation sites is 4. The first-order chi connectivity index (χ1) is 57.1. The van der Waals surface area contributed by atoms with Crippen molar-refractivity contribution in [3.05, 3.63) is 464 Å². The lowest BCUT2D eigenvalue weighted by atomic mass is 9.75. The van der Waals surface area contributed by atoms with Crippen molar-refractivity contribution in [1.29, 1.82) is 0 Å². The third-order valence-corrected chi connectivity index (χ3v) is 24.6. The Bertz CT molecular complexity index is 6290. The fourth-order valence-electron chi connectivity index (χ4n) is 18.5. The van der Waals surface area contributed by atoms with Crippen molar-refractivity contribution in [2.24, 2.45) is 0 Å². The highest BCUT2D eigenvalue weighted by molar-refractivity contribution is 6.04. The Morgan fingerprint density at radius 3 is 0.784 bits per heavy atom. The van der Waals surface area contributed by atoms with Gasteiger partial charge in [-0.25, -0.2) is 0 Å². The Kier molecular flexibility index (Phi) is 19.2. The molecule has 0 N–H and O–H groups in total. The lowest BCUT2D eigenvalue weighted by Crippen LogP contribution is -2.25. The first kappa shape index (κ1) is 72.2. The number of rotatable bonds is 19. The number of hydrogen-bond donors (Lipinski definition) is 0. The summed E-state index contributed by atoms with van der Waals surface area (Å²) in [6, 6.07) is 151. The highest BCUT2D eigenvalue weighted by Crippen LogP contribution is 2.57. The van der Waals surface area contributed by atoms with Crippen LogP contribution >= 0.6 is 0 Å². The molecule has 18 aromatic rings. The van der Waals surface area contributed by atoms with Crippen LogP contribution in [0.5, 0.6) is 0 Å². The van der Waals surface area contributed by atoms with Gasteiger partial charge in [-0.05, 0) is 235 Å². The summed E-state index contributed by atoms with van der Waals surface area (Å²) < 4.78 is 0. The quantitative estimate of drug-likeness (QED) is 0.0800. The molecule has 0 heterocycles. The first-order valence-corrected chi connectivity index (χ1v) is 40.8. The van der Waals surface area contributed by atoms with Crippen LogP contribution in [0, 0.1) is 0 Å². The number of fused-ring (bicyclic) bond motifs is 10. The molecule has 0 fully saturated rings. The Morgan fingerprint density at radius 2 is 0.517 bits per heavy atom. The van der Waals surface area contributed by atoms with E-state index in [1.807, 2.05) is 6.08 Å². The molecule has 0 saturated carbocycles. The molecule has 20 rings (SSSR count). The van der Waals surface area contributed by atoms with Crippen LogP contribution < -0.4 is 19.6 Å². The lowest BCUT2D eigenvalue weighted by Gasteiger charge is -2.32. The SMILES string of the molecule is C=Cc1ccc(CC2(C)c3cc(N(c4ccccc4)c4cccc5ccccc45)ccc3-c3ccc(N(c4ccccc4)c4cccc5ccccc45)cc32)cc1.CCC(C)c1ccc(CC2(C)c3cc(N(c4ccccc4)c4cccc5ccccc45)ccc3-c3ccc(N(c4ccccc4)c4cccc5ccccc45)cc32)cc1. The topological polar surface area (TPSA) is 13.0 Å². The van der Waals surface area contributed by atoms with Gasteiger partial charge in [0.2, 0.25) is 0 Å². The minimum atomic E-state index is -0.339. The molecule has 0 aliphatic heterocycles. The zero-order valence-corrected chi connectivity index (χ0v) is 66.0. The fourth-order valence-corrected chi connectivity index (χ4v) is 18.5. The van der Waals surface area contributed by atoms with Gasteiger partial charge < -0.3 is 19.6 Å². The molecule has 0 amide bonds. The molecule has 1 unspecified atom stereocenters. The maximum Gasteiger partial charge on any atom is 0.0540 e. The van der Waals surface area contributed by atoms with E-state index in [1.165, 1.54) is 116 Å². The second kappa shape index (κ2) is 30.8. The van der Waals surface area contributed by atoms with Crippen LogP contribution in [0.2, 0.25) is 0 Å². The van der Waals surface area contributed by atoms with Gasteiger partial charge in [0.1, 0.15) is 0 Å². The van der Waals surface area contributed by atoms with Gasteiger partial charge in [-0.3, -0.25) is 0 Å². The van der Waals surface area contributed by atoms with E-state index < -0.39 is 0 Å². The monoisotopic (exact) mass is 1490 g/mol. The molecule has 116 heavy (non-hydrogen) atoms. The summed E-state index contributed by atoms with van der Waals surface area (Å²) in [5, 5.41) is 9.79. The first-order valence-electron chi connectivity index (χ1n) is 40.8. The summed E-state index contributed by atoms with van der Waals surface area (Å²) in [7, 11) is 0. The molecule has 2 aliphatic carbocycles. The summed E-state index contributed by atoms with van der Waals surface area (Å²) in [6.07, 6.45) is 4.77. The van der Waals surface area contributed by atoms with Gasteiger partial charge in [0, 0.05) is 77.9 Å². The minimum absolute atomic E-state index is 0.323. The second-order valence-electron chi connectivity index (χ2n) is 31.6. The van der Waals surface area contributed by atoms with Crippen LogP contribution in [0.4, 0.5) is 68.2 Å². The largest absolute Gasteiger partial charge is 0.310 e. The summed E-state index contributed by atoms with van der Waals surface area (Å²) in [5.41, 5.74) is 28.8. The van der Waals surface area contributed by atoms with E-state index in [4.69, 9.17) is 0 Å². The molecular weight excluding hydrogens is 1400 g/mol. The van der Waals surface area contributed by atoms with Crippen LogP contribution in [0.3, 0.4) is 0 Å². The zero-order valence-electron chi connectivity index (χ0n) is 66.0. The molecule has 18 aromatic carbocycles. The fraction of sp³-hybridized carbons (Fsp3) is 0.0893. The van der Waals surface area contributed by atoms with Gasteiger partial charge in [0.15, 0.2) is 0 Å². The van der Waals surface area contributed by atoms with Crippen LogP contribution in [-0.4, -0.2) is 0 Å². The van der Waals surface area contributed by atoms with E-state index in [0.717, 1.165) is 81.7 Å². The number of hydrogen-bond acceptors (Lipinski definition) is 4. The average Bonchev–Trinajstić information content (AvgIpc) is 1.56. The number of benzene rings is 18. The molecule has 0 saturated heterocycles. The molecule has 0 radical (unpaired) electrons. The van der Waals surface area contributed by atoms with Crippen LogP contribution in [-0.2, 0) is 23.7 Å². The minimum Gasteiger partial charge on any atom is -0.310 e. The third kappa shape index (κ3) is 13.2. The molecule has 4 heteroatoms. The summed E-state index contributed by atoms with van der Waals surface area (Å²) >= 11 is 0. The van der Waals surface area contributed by atoms with Crippen molar-refractivity contribution < 1.29 is 0 Å². The van der Waals surface area contributed by atoms with Gasteiger partial charge in [0.25, 0.3) is 0 Å². The Hall–Kier alpha value is -14.1. The van der Waals surface area contributed by atoms with Gasteiger partial charge in [0.05, 0.1) is 22.7 Å². The van der Waals surface area contributed by atoms with Crippen molar-refractivity contribution in [1.82, 2.24) is 0 Å². The van der Waals surface area contributed by atoms with Crippen molar-refractivity contribution in [3.63, 3.8) is 0 Å². The molecule has 2 aliphatic rings. The molecule has 558 valence electrons. The summed E-state index contributed by atoms with van der Waals surface area (Å²) in [5.74, 6) is 0.536. The van der Waals surface area contributed by atoms with E-state index in [0.29, 0.717) is 5.92 Å². The van der Waals surface area contributed by atoms with Gasteiger partial charge in [-0.1, -0.05) is 332 Å². The smallest absolute Gasteiger partial charge is 0.0540 e. The number of anilines is 12. The molecule has 1 atom stereocenters.